The number of carbonyl (C=O) groups excluding carboxylic acids is 1. The lowest BCUT2D eigenvalue weighted by Gasteiger charge is -2.05. The fourth-order valence-electron chi connectivity index (χ4n) is 1.08. The van der Waals surface area contributed by atoms with E-state index in [9.17, 15) is 13.4 Å². The van der Waals surface area contributed by atoms with Crippen molar-refractivity contribution in [1.29, 1.82) is 0 Å². The lowest BCUT2D eigenvalue weighted by atomic mass is 10.2. The highest BCUT2D eigenvalue weighted by atomic mass is 79.9. The van der Waals surface area contributed by atoms with Crippen LogP contribution < -0.4 is 5.32 Å². The predicted molar refractivity (Wildman–Crippen MR) is 65.4 cm³/mol. The molecule has 1 atom stereocenters. The van der Waals surface area contributed by atoms with Crippen LogP contribution in [-0.2, 0) is 10.8 Å². The predicted octanol–water partition coefficient (Wildman–Crippen LogP) is 1.70. The molecule has 6 heteroatoms. The van der Waals surface area contributed by atoms with E-state index in [0.29, 0.717) is 16.8 Å². The molecule has 0 heterocycles. The Hall–Kier alpha value is -0.750. The van der Waals surface area contributed by atoms with E-state index >= 15 is 0 Å². The average molecular weight is 308 g/mol. The van der Waals surface area contributed by atoms with Crippen molar-refractivity contribution in [3.05, 3.63) is 34.1 Å². The molecule has 0 aliphatic rings. The highest BCUT2D eigenvalue weighted by molar-refractivity contribution is 9.10. The zero-order chi connectivity index (χ0) is 12.1. The fraction of sp³-hybridized carbons (Fsp3) is 0.300. The molecule has 1 aromatic rings. The van der Waals surface area contributed by atoms with Crippen LogP contribution in [-0.4, -0.2) is 28.7 Å². The van der Waals surface area contributed by atoms with Crippen molar-refractivity contribution in [3.63, 3.8) is 0 Å². The molecular weight excluding hydrogens is 297 g/mol. The lowest BCUT2D eigenvalue weighted by molar-refractivity contribution is 0.0955. The molecule has 0 radical (unpaired) electrons. The first kappa shape index (κ1) is 13.3. The van der Waals surface area contributed by atoms with Gasteiger partial charge in [-0.25, -0.2) is 4.39 Å². The highest BCUT2D eigenvalue weighted by Crippen LogP contribution is 2.17. The third-order valence-corrected chi connectivity index (χ3v) is 3.32. The maximum Gasteiger partial charge on any atom is 0.252 e. The molecule has 0 aliphatic carbocycles. The van der Waals surface area contributed by atoms with Crippen LogP contribution in [0.15, 0.2) is 22.7 Å². The quantitative estimate of drug-likeness (QED) is 0.920. The molecule has 0 bridgehead atoms. The van der Waals surface area contributed by atoms with Crippen LogP contribution in [0.4, 0.5) is 4.39 Å². The number of amides is 1. The van der Waals surface area contributed by atoms with E-state index in [-0.39, 0.29) is 11.5 Å². The number of halogens is 2. The minimum atomic E-state index is -0.949. The van der Waals surface area contributed by atoms with Crippen LogP contribution >= 0.6 is 15.9 Å². The summed E-state index contributed by atoms with van der Waals surface area (Å²) in [5.41, 5.74) is 0.238. The normalized spacial score (nSPS) is 12.2. The number of benzene rings is 1. The van der Waals surface area contributed by atoms with Gasteiger partial charge in [0.2, 0.25) is 0 Å². The lowest BCUT2D eigenvalue weighted by Crippen LogP contribution is -2.27. The molecule has 1 N–H and O–H groups in total. The topological polar surface area (TPSA) is 46.2 Å². The average Bonchev–Trinajstić information content (AvgIpc) is 2.21. The van der Waals surface area contributed by atoms with E-state index in [2.05, 4.69) is 21.2 Å². The van der Waals surface area contributed by atoms with Gasteiger partial charge in [-0.15, -0.1) is 0 Å². The Bertz CT molecular complexity index is 425. The summed E-state index contributed by atoms with van der Waals surface area (Å²) in [6.45, 7) is 0.310. The smallest absolute Gasteiger partial charge is 0.252 e. The van der Waals surface area contributed by atoms with Crippen LogP contribution in [0.3, 0.4) is 0 Å². The molecule has 0 fully saturated rings. The van der Waals surface area contributed by atoms with Crippen molar-refractivity contribution in [2.24, 2.45) is 0 Å². The first-order valence-corrected chi connectivity index (χ1v) is 7.06. The molecular formula is C10H11BrFNO2S. The van der Waals surface area contributed by atoms with E-state index in [1.165, 1.54) is 12.1 Å². The molecule has 0 aliphatic heterocycles. The van der Waals surface area contributed by atoms with Gasteiger partial charge < -0.3 is 5.32 Å². The second-order valence-electron chi connectivity index (χ2n) is 3.16. The van der Waals surface area contributed by atoms with Crippen molar-refractivity contribution in [2.75, 3.05) is 18.6 Å². The van der Waals surface area contributed by atoms with Gasteiger partial charge in [-0.1, -0.05) is 0 Å². The summed E-state index contributed by atoms with van der Waals surface area (Å²) in [7, 11) is -0.949. The van der Waals surface area contributed by atoms with Crippen molar-refractivity contribution in [3.8, 4) is 0 Å². The molecule has 88 valence electrons. The van der Waals surface area contributed by atoms with Gasteiger partial charge in [-0.05, 0) is 34.1 Å². The molecule has 1 aromatic carbocycles. The number of hydrogen-bond acceptors (Lipinski definition) is 2. The monoisotopic (exact) mass is 307 g/mol. The Morgan fingerprint density at radius 2 is 2.25 bits per heavy atom. The van der Waals surface area contributed by atoms with Gasteiger partial charge >= 0.3 is 0 Å². The van der Waals surface area contributed by atoms with E-state index in [4.69, 9.17) is 0 Å². The standard InChI is InChI=1S/C10H11BrFNO2S/c1-16(15)5-4-13-10(14)8-6-7(12)2-3-9(8)11/h2-3,6H,4-5H2,1H3,(H,13,14). The van der Waals surface area contributed by atoms with Crippen LogP contribution in [0.5, 0.6) is 0 Å². The summed E-state index contributed by atoms with van der Waals surface area (Å²) in [6, 6.07) is 3.90. The van der Waals surface area contributed by atoms with Gasteiger partial charge in [0.15, 0.2) is 0 Å². The molecule has 3 nitrogen and oxygen atoms in total. The Morgan fingerprint density at radius 3 is 2.88 bits per heavy atom. The molecule has 0 saturated carbocycles. The van der Waals surface area contributed by atoms with E-state index in [1.54, 1.807) is 6.26 Å². The SMILES string of the molecule is CS(=O)CCNC(=O)c1cc(F)ccc1Br. The Balaban J connectivity index is 2.65. The number of rotatable bonds is 4. The minimum absolute atomic E-state index is 0.238. The maximum atomic E-state index is 12.9. The zero-order valence-corrected chi connectivity index (χ0v) is 11.0. The summed E-state index contributed by atoms with van der Waals surface area (Å²) < 4.78 is 24.2. The molecule has 1 unspecified atom stereocenters. The first-order valence-electron chi connectivity index (χ1n) is 4.54. The molecule has 1 rings (SSSR count). The summed E-state index contributed by atoms with van der Waals surface area (Å²) in [5, 5.41) is 2.57. The second-order valence-corrected chi connectivity index (χ2v) is 5.57. The van der Waals surface area contributed by atoms with Crippen LogP contribution in [0.1, 0.15) is 10.4 Å². The van der Waals surface area contributed by atoms with Gasteiger partial charge in [0, 0.05) is 33.8 Å². The highest BCUT2D eigenvalue weighted by Gasteiger charge is 2.10. The summed E-state index contributed by atoms with van der Waals surface area (Å²) in [5.74, 6) is -0.456. The van der Waals surface area contributed by atoms with Crippen LogP contribution in [0.2, 0.25) is 0 Å². The third kappa shape index (κ3) is 4.02. The number of carbonyl (C=O) groups is 1. The van der Waals surface area contributed by atoms with Crippen molar-refractivity contribution >= 4 is 32.6 Å². The van der Waals surface area contributed by atoms with Crippen LogP contribution in [0.25, 0.3) is 0 Å². The van der Waals surface area contributed by atoms with Gasteiger partial charge in [0.25, 0.3) is 5.91 Å². The Morgan fingerprint density at radius 1 is 1.56 bits per heavy atom. The van der Waals surface area contributed by atoms with Gasteiger partial charge in [-0.2, -0.15) is 0 Å². The second kappa shape index (κ2) is 6.10. The first-order chi connectivity index (χ1) is 7.50. The van der Waals surface area contributed by atoms with Gasteiger partial charge in [0.1, 0.15) is 5.82 Å². The number of nitrogens with one attached hydrogen (secondary N) is 1. The number of hydrogen-bond donors (Lipinski definition) is 1. The van der Waals surface area contributed by atoms with E-state index in [1.807, 2.05) is 0 Å². The molecule has 16 heavy (non-hydrogen) atoms. The van der Waals surface area contributed by atoms with E-state index in [0.717, 1.165) is 6.07 Å². The maximum absolute atomic E-state index is 12.9. The van der Waals surface area contributed by atoms with Gasteiger partial charge in [0.05, 0.1) is 5.56 Å². The largest absolute Gasteiger partial charge is 0.351 e. The van der Waals surface area contributed by atoms with E-state index < -0.39 is 16.6 Å². The molecule has 0 aromatic heterocycles. The van der Waals surface area contributed by atoms with Crippen LogP contribution in [0, 0.1) is 5.82 Å². The summed E-state index contributed by atoms with van der Waals surface area (Å²) in [4.78, 5) is 11.6. The molecule has 1 amide bonds. The zero-order valence-electron chi connectivity index (χ0n) is 8.63. The fourth-order valence-corrected chi connectivity index (χ4v) is 1.89. The van der Waals surface area contributed by atoms with Crippen molar-refractivity contribution in [1.82, 2.24) is 5.32 Å². The van der Waals surface area contributed by atoms with Crippen molar-refractivity contribution < 1.29 is 13.4 Å². The summed E-state index contributed by atoms with van der Waals surface area (Å²) >= 11 is 3.16. The van der Waals surface area contributed by atoms with Crippen molar-refractivity contribution in [2.45, 2.75) is 0 Å². The molecule has 0 spiro atoms. The Labute approximate surface area is 104 Å². The third-order valence-electron chi connectivity index (χ3n) is 1.85. The van der Waals surface area contributed by atoms with Gasteiger partial charge in [-0.3, -0.25) is 9.00 Å². The molecule has 0 saturated heterocycles. The minimum Gasteiger partial charge on any atom is -0.351 e. The summed E-state index contributed by atoms with van der Waals surface area (Å²) in [6.07, 6.45) is 1.56. The Kier molecular flexibility index (Phi) is 5.08.